The first-order valence-electron chi connectivity index (χ1n) is 10.9. The minimum Gasteiger partial charge on any atom is -0.482 e. The van der Waals surface area contributed by atoms with E-state index < -0.39 is 25.5 Å². The highest BCUT2D eigenvalue weighted by molar-refractivity contribution is 5.75. The summed E-state index contributed by atoms with van der Waals surface area (Å²) in [5, 5.41) is 10.7. The van der Waals surface area contributed by atoms with E-state index in [1.54, 1.807) is 0 Å². The molecule has 3 rings (SSSR count). The summed E-state index contributed by atoms with van der Waals surface area (Å²) in [6.07, 6.45) is -1.91. The Kier molecular flexibility index (Phi) is 7.76. The van der Waals surface area contributed by atoms with Gasteiger partial charge in [-0.15, -0.1) is 5.10 Å². The van der Waals surface area contributed by atoms with Gasteiger partial charge in [-0.3, -0.25) is 9.78 Å². The van der Waals surface area contributed by atoms with Crippen molar-refractivity contribution in [3.8, 4) is 17.0 Å². The highest BCUT2D eigenvalue weighted by atomic mass is 19.4. The molecule has 3 aromatic rings. The van der Waals surface area contributed by atoms with Crippen molar-refractivity contribution in [3.05, 3.63) is 59.5 Å². The second-order valence-corrected chi connectivity index (χ2v) is 9.07. The Hall–Kier alpha value is -3.50. The van der Waals surface area contributed by atoms with Gasteiger partial charge in [0, 0.05) is 12.5 Å². The highest BCUT2D eigenvalue weighted by Gasteiger charge is 2.29. The summed E-state index contributed by atoms with van der Waals surface area (Å²) in [6, 6.07) is 8.24. The number of carbonyl (C=O) groups excluding carboxylic acids is 1. The van der Waals surface area contributed by atoms with E-state index >= 15 is 0 Å². The molecular weight excluding hydrogens is 466 g/mol. The molecule has 0 radical (unpaired) electrons. The fourth-order valence-electron chi connectivity index (χ4n) is 3.44. The van der Waals surface area contributed by atoms with Gasteiger partial charge in [0.05, 0.1) is 30.7 Å². The number of amides is 1. The lowest BCUT2D eigenvalue weighted by molar-refractivity contribution is -0.153. The fraction of sp³-hybridized carbons (Fsp3) is 0.417. The van der Waals surface area contributed by atoms with E-state index in [0.717, 1.165) is 11.8 Å². The molecule has 0 saturated heterocycles. The number of hydrogen-bond acceptors (Lipinski definition) is 5. The maximum Gasteiger partial charge on any atom is 0.422 e. The quantitative estimate of drug-likeness (QED) is 0.457. The van der Waals surface area contributed by atoms with Crippen molar-refractivity contribution in [2.75, 3.05) is 13.3 Å². The molecule has 1 amide bonds. The molecule has 35 heavy (non-hydrogen) atoms. The molecule has 0 saturated carbocycles. The van der Waals surface area contributed by atoms with E-state index in [-0.39, 0.29) is 29.3 Å². The van der Waals surface area contributed by atoms with Gasteiger partial charge in [0.2, 0.25) is 5.91 Å². The molecule has 1 N–H and O–H groups in total. The Labute approximate surface area is 200 Å². The molecule has 1 atom stereocenters. The predicted octanol–water partition coefficient (Wildman–Crippen LogP) is 4.77. The molecule has 0 spiro atoms. The molecule has 0 aliphatic heterocycles. The van der Waals surface area contributed by atoms with Crippen molar-refractivity contribution >= 4 is 5.91 Å². The molecular formula is C24H27F4N5O2. The summed E-state index contributed by atoms with van der Waals surface area (Å²) in [4.78, 5) is 16.4. The molecule has 188 valence electrons. The summed E-state index contributed by atoms with van der Waals surface area (Å²) in [7, 11) is 0. The number of carbonyl (C=O) groups is 1. The molecule has 0 unspecified atom stereocenters. The topological polar surface area (TPSA) is 81.9 Å². The smallest absolute Gasteiger partial charge is 0.422 e. The number of aromatic nitrogens is 4. The molecule has 2 heterocycles. The lowest BCUT2D eigenvalue weighted by Gasteiger charge is -2.23. The molecule has 0 aliphatic rings. The van der Waals surface area contributed by atoms with Crippen LogP contribution in [0.15, 0.2) is 42.7 Å². The zero-order chi connectivity index (χ0) is 25.8. The Bertz CT molecular complexity index is 1150. The number of benzene rings is 1. The highest BCUT2D eigenvalue weighted by Crippen LogP contribution is 2.33. The number of pyridine rings is 1. The normalized spacial score (nSPS) is 12.9. The first kappa shape index (κ1) is 26.1. The maximum atomic E-state index is 12.8. The van der Waals surface area contributed by atoms with Crippen LogP contribution < -0.4 is 10.1 Å². The van der Waals surface area contributed by atoms with Crippen molar-refractivity contribution in [3.63, 3.8) is 0 Å². The number of nitrogens with zero attached hydrogens (tertiary/aromatic N) is 4. The SMILES string of the molecule is CC(=O)N[C@@H](c1ccc(C(C)(C)C)cc1)c1ncc(OCC(F)(F)F)cc1-c1cn(CCF)nn1. The second-order valence-electron chi connectivity index (χ2n) is 9.07. The van der Waals surface area contributed by atoms with Gasteiger partial charge in [-0.25, -0.2) is 9.07 Å². The Morgan fingerprint density at radius 2 is 1.86 bits per heavy atom. The maximum absolute atomic E-state index is 12.8. The Morgan fingerprint density at radius 1 is 1.17 bits per heavy atom. The van der Waals surface area contributed by atoms with Gasteiger partial charge in [0.1, 0.15) is 18.1 Å². The molecule has 0 fully saturated rings. The number of halogens is 4. The second kappa shape index (κ2) is 10.4. The van der Waals surface area contributed by atoms with Gasteiger partial charge in [-0.1, -0.05) is 50.3 Å². The van der Waals surface area contributed by atoms with Gasteiger partial charge in [0.25, 0.3) is 0 Å². The standard InChI is InChI=1S/C24H27F4N5O2/c1-15(34)30-21(16-5-7-17(8-6-16)23(2,3)4)22-19(20-13-33(10-9-25)32-31-20)11-18(12-29-22)35-14-24(26,27)28/h5-8,11-13,21H,9-10,14H2,1-4H3,(H,30,34)/t21-/m0/s1. The average Bonchev–Trinajstić information content (AvgIpc) is 3.24. The number of hydrogen-bond donors (Lipinski definition) is 1. The summed E-state index contributed by atoms with van der Waals surface area (Å²) >= 11 is 0. The van der Waals surface area contributed by atoms with Crippen LogP contribution >= 0.6 is 0 Å². The van der Waals surface area contributed by atoms with E-state index in [4.69, 9.17) is 4.74 Å². The predicted molar refractivity (Wildman–Crippen MR) is 122 cm³/mol. The van der Waals surface area contributed by atoms with Crippen molar-refractivity contribution < 1.29 is 27.1 Å². The fourth-order valence-corrected chi connectivity index (χ4v) is 3.44. The summed E-state index contributed by atoms with van der Waals surface area (Å²) < 4.78 is 57.0. The Balaban J connectivity index is 2.10. The molecule has 1 aromatic carbocycles. The third-order valence-electron chi connectivity index (χ3n) is 5.16. The molecule has 11 heteroatoms. The summed E-state index contributed by atoms with van der Waals surface area (Å²) in [5.74, 6) is -0.466. The van der Waals surface area contributed by atoms with Crippen LogP contribution in [-0.2, 0) is 16.8 Å². The summed E-state index contributed by atoms with van der Waals surface area (Å²) in [5.41, 5.74) is 2.59. The van der Waals surface area contributed by atoms with E-state index in [1.165, 1.54) is 23.9 Å². The van der Waals surface area contributed by atoms with Crippen LogP contribution in [0.1, 0.15) is 50.6 Å². The van der Waals surface area contributed by atoms with E-state index in [9.17, 15) is 22.4 Å². The van der Waals surface area contributed by atoms with Crippen molar-refractivity contribution in [1.29, 1.82) is 0 Å². The minimum atomic E-state index is -4.53. The van der Waals surface area contributed by atoms with Crippen LogP contribution in [0, 0.1) is 0 Å². The van der Waals surface area contributed by atoms with Crippen LogP contribution in [0.25, 0.3) is 11.3 Å². The van der Waals surface area contributed by atoms with Gasteiger partial charge in [0.15, 0.2) is 6.61 Å². The molecule has 7 nitrogen and oxygen atoms in total. The third-order valence-corrected chi connectivity index (χ3v) is 5.16. The van der Waals surface area contributed by atoms with Crippen LogP contribution in [-0.4, -0.2) is 45.3 Å². The van der Waals surface area contributed by atoms with Crippen LogP contribution in [0.2, 0.25) is 0 Å². The van der Waals surface area contributed by atoms with Crippen molar-refractivity contribution in [2.24, 2.45) is 0 Å². The van der Waals surface area contributed by atoms with Gasteiger partial charge >= 0.3 is 6.18 Å². The lowest BCUT2D eigenvalue weighted by atomic mass is 9.86. The van der Waals surface area contributed by atoms with Crippen LogP contribution in [0.4, 0.5) is 17.6 Å². The Morgan fingerprint density at radius 3 is 2.43 bits per heavy atom. The van der Waals surface area contributed by atoms with Crippen LogP contribution in [0.5, 0.6) is 5.75 Å². The van der Waals surface area contributed by atoms with Gasteiger partial charge in [-0.05, 0) is 22.6 Å². The number of alkyl halides is 4. The van der Waals surface area contributed by atoms with E-state index in [1.807, 2.05) is 24.3 Å². The number of nitrogens with one attached hydrogen (secondary N) is 1. The molecule has 2 aromatic heterocycles. The largest absolute Gasteiger partial charge is 0.482 e. The zero-order valence-electron chi connectivity index (χ0n) is 19.9. The minimum absolute atomic E-state index is 0.0383. The van der Waals surface area contributed by atoms with Crippen molar-refractivity contribution in [2.45, 2.75) is 51.9 Å². The number of ether oxygens (including phenoxy) is 1. The van der Waals surface area contributed by atoms with Gasteiger partial charge in [-0.2, -0.15) is 13.2 Å². The van der Waals surface area contributed by atoms with Crippen molar-refractivity contribution in [1.82, 2.24) is 25.3 Å². The summed E-state index contributed by atoms with van der Waals surface area (Å²) in [6.45, 7) is 5.38. The molecule has 0 aliphatic carbocycles. The van der Waals surface area contributed by atoms with E-state index in [0.29, 0.717) is 16.8 Å². The first-order valence-corrected chi connectivity index (χ1v) is 10.9. The van der Waals surface area contributed by atoms with Crippen LogP contribution in [0.3, 0.4) is 0 Å². The third kappa shape index (κ3) is 7.00. The first-order chi connectivity index (χ1) is 16.4. The number of aryl methyl sites for hydroxylation is 1. The number of rotatable bonds is 8. The van der Waals surface area contributed by atoms with E-state index in [2.05, 4.69) is 41.4 Å². The molecule has 0 bridgehead atoms. The van der Waals surface area contributed by atoms with Gasteiger partial charge < -0.3 is 10.1 Å². The average molecular weight is 494 g/mol. The lowest BCUT2D eigenvalue weighted by Crippen LogP contribution is -2.28. The monoisotopic (exact) mass is 493 g/mol. The zero-order valence-corrected chi connectivity index (χ0v) is 19.9.